The molecule has 7 nitrogen and oxygen atoms in total. The molecule has 7 heteroatoms. The first kappa shape index (κ1) is 13.0. The lowest BCUT2D eigenvalue weighted by atomic mass is 10.1. The van der Waals surface area contributed by atoms with E-state index in [1.54, 1.807) is 0 Å². The summed E-state index contributed by atoms with van der Waals surface area (Å²) in [7, 11) is 1.28. The van der Waals surface area contributed by atoms with Crippen LogP contribution in [0.5, 0.6) is 0 Å². The molecule has 0 bridgehead atoms. The maximum absolute atomic E-state index is 11.6. The van der Waals surface area contributed by atoms with E-state index in [-0.39, 0.29) is 11.4 Å². The van der Waals surface area contributed by atoms with E-state index in [2.05, 4.69) is 20.0 Å². The Morgan fingerprint density at radius 2 is 1.95 bits per heavy atom. The predicted molar refractivity (Wildman–Crippen MR) is 77.1 cm³/mol. The molecule has 0 aliphatic carbocycles. The third-order valence-corrected chi connectivity index (χ3v) is 3.19. The Kier molecular flexibility index (Phi) is 3.02. The van der Waals surface area contributed by atoms with Crippen LogP contribution in [0.4, 0.5) is 5.69 Å². The number of nitrogens with zero attached hydrogens (tertiary/aromatic N) is 4. The average Bonchev–Trinajstić information content (AvgIpc) is 2.89. The molecule has 21 heavy (non-hydrogen) atoms. The summed E-state index contributed by atoms with van der Waals surface area (Å²) in [6.07, 6.45) is 1.53. The van der Waals surface area contributed by atoms with E-state index in [1.165, 1.54) is 18.0 Å². The van der Waals surface area contributed by atoms with Crippen molar-refractivity contribution < 1.29 is 9.53 Å². The third kappa shape index (κ3) is 2.08. The molecule has 0 saturated carbocycles. The lowest BCUT2D eigenvalue weighted by Crippen LogP contribution is -2.07. The van der Waals surface area contributed by atoms with Crippen molar-refractivity contribution in [2.24, 2.45) is 0 Å². The summed E-state index contributed by atoms with van der Waals surface area (Å²) in [6, 6.07) is 7.71. The largest absolute Gasteiger partial charge is 0.464 e. The topological polar surface area (TPSA) is 95.9 Å². The van der Waals surface area contributed by atoms with E-state index >= 15 is 0 Å². The van der Waals surface area contributed by atoms with E-state index in [4.69, 9.17) is 5.73 Å². The van der Waals surface area contributed by atoms with Crippen LogP contribution in [0.3, 0.4) is 0 Å². The normalized spacial score (nSPS) is 10.8. The molecule has 106 valence electrons. The van der Waals surface area contributed by atoms with Crippen LogP contribution in [0.2, 0.25) is 0 Å². The molecule has 0 fully saturated rings. The molecule has 0 saturated heterocycles. The minimum atomic E-state index is -0.587. The smallest absolute Gasteiger partial charge is 0.360 e. The molecule has 0 amide bonds. The molecule has 0 aliphatic heterocycles. The zero-order chi connectivity index (χ0) is 15.0. The number of aryl methyl sites for hydroxylation is 1. The maximum Gasteiger partial charge on any atom is 0.360 e. The first-order chi connectivity index (χ1) is 10.1. The second-order valence-electron chi connectivity index (χ2n) is 4.52. The van der Waals surface area contributed by atoms with E-state index in [9.17, 15) is 4.79 Å². The van der Waals surface area contributed by atoms with Gasteiger partial charge in [-0.25, -0.2) is 9.48 Å². The van der Waals surface area contributed by atoms with Gasteiger partial charge < -0.3 is 10.5 Å². The molecule has 0 unspecified atom stereocenters. The molecule has 0 radical (unpaired) electrons. The number of methoxy groups -OCH3 is 1. The van der Waals surface area contributed by atoms with Crippen LogP contribution in [0, 0.1) is 6.92 Å². The predicted octanol–water partition coefficient (Wildman–Crippen LogP) is 1.49. The highest BCUT2D eigenvalue weighted by Gasteiger charge is 2.18. The van der Waals surface area contributed by atoms with Crippen LogP contribution < -0.4 is 5.73 Å². The van der Waals surface area contributed by atoms with Crippen LogP contribution in [-0.4, -0.2) is 33.1 Å². The SMILES string of the molecule is COC(=O)c1nn(-c2nnc(C)c3ccccc23)cc1N. The quantitative estimate of drug-likeness (QED) is 0.716. The Morgan fingerprint density at radius 1 is 1.24 bits per heavy atom. The second kappa shape index (κ2) is 4.86. The summed E-state index contributed by atoms with van der Waals surface area (Å²) in [4.78, 5) is 11.6. The van der Waals surface area contributed by atoms with Gasteiger partial charge in [-0.2, -0.15) is 10.2 Å². The van der Waals surface area contributed by atoms with Crippen LogP contribution in [-0.2, 0) is 4.74 Å². The first-order valence-electron chi connectivity index (χ1n) is 6.27. The number of anilines is 1. The number of hydrogen-bond donors (Lipinski definition) is 1. The van der Waals surface area contributed by atoms with Gasteiger partial charge in [0.2, 0.25) is 0 Å². The number of carbonyl (C=O) groups is 1. The van der Waals surface area contributed by atoms with E-state index in [1.807, 2.05) is 31.2 Å². The van der Waals surface area contributed by atoms with Crippen LogP contribution in [0.1, 0.15) is 16.2 Å². The number of nitrogens with two attached hydrogens (primary N) is 1. The van der Waals surface area contributed by atoms with Crippen molar-refractivity contribution in [3.8, 4) is 5.82 Å². The van der Waals surface area contributed by atoms with Gasteiger partial charge in [-0.05, 0) is 6.92 Å². The van der Waals surface area contributed by atoms with Crippen molar-refractivity contribution >= 4 is 22.4 Å². The molecule has 0 atom stereocenters. The maximum atomic E-state index is 11.6. The van der Waals surface area contributed by atoms with Gasteiger partial charge in [-0.3, -0.25) is 0 Å². The van der Waals surface area contributed by atoms with Crippen molar-refractivity contribution in [1.82, 2.24) is 20.0 Å². The van der Waals surface area contributed by atoms with Gasteiger partial charge in [-0.15, -0.1) is 5.10 Å². The summed E-state index contributed by atoms with van der Waals surface area (Å²) in [5, 5.41) is 14.3. The number of ether oxygens (including phenoxy) is 1. The Labute approximate surface area is 120 Å². The molecule has 2 N–H and O–H groups in total. The van der Waals surface area contributed by atoms with Gasteiger partial charge >= 0.3 is 5.97 Å². The van der Waals surface area contributed by atoms with Gasteiger partial charge in [-0.1, -0.05) is 24.3 Å². The summed E-state index contributed by atoms with van der Waals surface area (Å²) >= 11 is 0. The third-order valence-electron chi connectivity index (χ3n) is 3.19. The fraction of sp³-hybridized carbons (Fsp3) is 0.143. The van der Waals surface area contributed by atoms with Gasteiger partial charge in [0.05, 0.1) is 24.7 Å². The Morgan fingerprint density at radius 3 is 2.67 bits per heavy atom. The van der Waals surface area contributed by atoms with Crippen LogP contribution in [0.25, 0.3) is 16.6 Å². The van der Waals surface area contributed by atoms with Gasteiger partial charge in [0.1, 0.15) is 0 Å². The zero-order valence-corrected chi connectivity index (χ0v) is 11.6. The van der Waals surface area contributed by atoms with Crippen molar-refractivity contribution in [2.75, 3.05) is 12.8 Å². The summed E-state index contributed by atoms with van der Waals surface area (Å²) < 4.78 is 6.08. The molecule has 2 aromatic heterocycles. The molecular formula is C14H13N5O2. The number of carbonyl (C=O) groups excluding carboxylic acids is 1. The standard InChI is InChI=1S/C14H13N5O2/c1-8-9-5-3-4-6-10(9)13(17-16-8)19-7-11(15)12(18-19)14(20)21-2/h3-7H,15H2,1-2H3. The lowest BCUT2D eigenvalue weighted by molar-refractivity contribution is 0.0594. The minimum Gasteiger partial charge on any atom is -0.464 e. The monoisotopic (exact) mass is 283 g/mol. The summed E-state index contributed by atoms with van der Waals surface area (Å²) in [5.41, 5.74) is 6.91. The Hall–Kier alpha value is -2.96. The lowest BCUT2D eigenvalue weighted by Gasteiger charge is -2.06. The van der Waals surface area contributed by atoms with E-state index in [0.29, 0.717) is 5.82 Å². The number of aromatic nitrogens is 4. The highest BCUT2D eigenvalue weighted by molar-refractivity contribution is 5.93. The average molecular weight is 283 g/mol. The Bertz CT molecular complexity index is 840. The highest BCUT2D eigenvalue weighted by atomic mass is 16.5. The molecule has 0 aliphatic rings. The molecule has 3 aromatic rings. The van der Waals surface area contributed by atoms with Crippen molar-refractivity contribution in [2.45, 2.75) is 6.92 Å². The first-order valence-corrected chi connectivity index (χ1v) is 6.27. The number of esters is 1. The molecule has 0 spiro atoms. The Balaban J connectivity index is 2.22. The number of benzene rings is 1. The number of rotatable bonds is 2. The second-order valence-corrected chi connectivity index (χ2v) is 4.52. The summed E-state index contributed by atoms with van der Waals surface area (Å²) in [5.74, 6) is -0.0753. The minimum absolute atomic E-state index is 0.0592. The summed E-state index contributed by atoms with van der Waals surface area (Å²) in [6.45, 7) is 1.89. The van der Waals surface area contributed by atoms with E-state index in [0.717, 1.165) is 16.5 Å². The molecule has 1 aromatic carbocycles. The van der Waals surface area contributed by atoms with Gasteiger partial charge in [0.15, 0.2) is 11.5 Å². The van der Waals surface area contributed by atoms with Crippen molar-refractivity contribution in [3.63, 3.8) is 0 Å². The zero-order valence-electron chi connectivity index (χ0n) is 11.6. The number of hydrogen-bond acceptors (Lipinski definition) is 6. The van der Waals surface area contributed by atoms with Gasteiger partial charge in [0.25, 0.3) is 0 Å². The van der Waals surface area contributed by atoms with Crippen LogP contribution in [0.15, 0.2) is 30.5 Å². The van der Waals surface area contributed by atoms with Crippen molar-refractivity contribution in [3.05, 3.63) is 41.9 Å². The van der Waals surface area contributed by atoms with Crippen LogP contribution >= 0.6 is 0 Å². The van der Waals surface area contributed by atoms with E-state index < -0.39 is 5.97 Å². The molecular weight excluding hydrogens is 270 g/mol. The highest BCUT2D eigenvalue weighted by Crippen LogP contribution is 2.22. The number of nitrogen functional groups attached to an aromatic ring is 1. The van der Waals surface area contributed by atoms with Gasteiger partial charge in [0, 0.05) is 10.8 Å². The number of fused-ring (bicyclic) bond motifs is 1. The fourth-order valence-corrected chi connectivity index (χ4v) is 2.14. The molecule has 2 heterocycles. The van der Waals surface area contributed by atoms with Crippen molar-refractivity contribution in [1.29, 1.82) is 0 Å². The fourth-order valence-electron chi connectivity index (χ4n) is 2.14. The molecule has 3 rings (SSSR count).